The summed E-state index contributed by atoms with van der Waals surface area (Å²) in [6.07, 6.45) is 2.83. The molecule has 1 heterocycles. The van der Waals surface area contributed by atoms with Crippen LogP contribution in [0.4, 0.5) is 5.69 Å². The van der Waals surface area contributed by atoms with Gasteiger partial charge in [-0.05, 0) is 32.0 Å². The molecule has 0 spiro atoms. The maximum absolute atomic E-state index is 12.9. The summed E-state index contributed by atoms with van der Waals surface area (Å²) in [5.74, 6) is -1.55. The normalized spacial score (nSPS) is 14.1. The van der Waals surface area contributed by atoms with Gasteiger partial charge in [0.25, 0.3) is 5.69 Å². The Morgan fingerprint density at radius 2 is 1.65 bits per heavy atom. The highest BCUT2D eigenvalue weighted by Gasteiger charge is 2.39. The number of ether oxygens (including phenoxy) is 4. The molecule has 12 nitrogen and oxygen atoms in total. The molecule has 0 aliphatic carbocycles. The lowest BCUT2D eigenvalue weighted by Gasteiger charge is -2.30. The first-order valence-electron chi connectivity index (χ1n) is 13.2. The fraction of sp³-hybridized carbons (Fsp3) is 0.333. The average molecular weight is 618 g/mol. The van der Waals surface area contributed by atoms with Gasteiger partial charge in [0.15, 0.2) is 0 Å². The zero-order valence-corrected chi connectivity index (χ0v) is 25.1. The van der Waals surface area contributed by atoms with E-state index in [-0.39, 0.29) is 53.8 Å². The van der Waals surface area contributed by atoms with Crippen molar-refractivity contribution in [3.05, 3.63) is 98.9 Å². The summed E-state index contributed by atoms with van der Waals surface area (Å²) in [5, 5.41) is 27.8. The molecule has 43 heavy (non-hydrogen) atoms. The van der Waals surface area contributed by atoms with Crippen LogP contribution < -0.4 is 20.1 Å². The number of nitro groups is 1. The SMILES string of the molecule is COC(=O)C1=C(C)NC(C)=C(C(=O)OC)C1c1cc([N+](=O)[O-])ccc1OC/C=C\CNCC(O)COc1ccccc1.Cl. The predicted molar refractivity (Wildman–Crippen MR) is 161 cm³/mol. The molecule has 0 fully saturated rings. The molecule has 1 atom stereocenters. The van der Waals surface area contributed by atoms with Crippen LogP contribution in [0.1, 0.15) is 25.3 Å². The van der Waals surface area contributed by atoms with E-state index >= 15 is 0 Å². The molecule has 2 aromatic rings. The van der Waals surface area contributed by atoms with Gasteiger partial charge in [-0.15, -0.1) is 12.4 Å². The quantitative estimate of drug-likeness (QED) is 0.0935. The number of nitrogens with zero attached hydrogens (tertiary/aromatic N) is 1. The van der Waals surface area contributed by atoms with E-state index in [9.17, 15) is 24.8 Å². The number of nitro benzene ring substituents is 1. The maximum Gasteiger partial charge on any atom is 0.336 e. The van der Waals surface area contributed by atoms with Crippen molar-refractivity contribution >= 4 is 30.0 Å². The Balaban J connectivity index is 0.00000645. The van der Waals surface area contributed by atoms with E-state index in [4.69, 9.17) is 18.9 Å². The van der Waals surface area contributed by atoms with Gasteiger partial charge >= 0.3 is 11.9 Å². The maximum atomic E-state index is 12.9. The molecule has 0 aromatic heterocycles. The number of dihydropyridines is 1. The number of hydrogen-bond donors (Lipinski definition) is 3. The second-order valence-corrected chi connectivity index (χ2v) is 9.32. The van der Waals surface area contributed by atoms with Gasteiger partial charge in [0.2, 0.25) is 0 Å². The summed E-state index contributed by atoms with van der Waals surface area (Å²) in [6.45, 7) is 4.28. The van der Waals surface area contributed by atoms with Crippen molar-refractivity contribution < 1.29 is 38.6 Å². The lowest BCUT2D eigenvalue weighted by molar-refractivity contribution is -0.384. The molecule has 1 aliphatic rings. The van der Waals surface area contributed by atoms with Gasteiger partial charge in [-0.1, -0.05) is 30.4 Å². The average Bonchev–Trinajstić information content (AvgIpc) is 2.99. The number of halogens is 1. The van der Waals surface area contributed by atoms with Crippen LogP contribution in [0.3, 0.4) is 0 Å². The Labute approximate surface area is 255 Å². The zero-order chi connectivity index (χ0) is 30.6. The van der Waals surface area contributed by atoms with Crippen LogP contribution in [0, 0.1) is 10.1 Å². The van der Waals surface area contributed by atoms with Gasteiger partial charge in [-0.2, -0.15) is 0 Å². The van der Waals surface area contributed by atoms with E-state index in [0.717, 1.165) is 0 Å². The Kier molecular flexibility index (Phi) is 13.7. The third-order valence-electron chi connectivity index (χ3n) is 6.42. The highest BCUT2D eigenvalue weighted by atomic mass is 35.5. The summed E-state index contributed by atoms with van der Waals surface area (Å²) >= 11 is 0. The van der Waals surface area contributed by atoms with Crippen LogP contribution in [0.15, 0.2) is 83.2 Å². The zero-order valence-electron chi connectivity index (χ0n) is 24.3. The third-order valence-corrected chi connectivity index (χ3v) is 6.42. The van der Waals surface area contributed by atoms with E-state index in [2.05, 4.69) is 10.6 Å². The minimum absolute atomic E-state index is 0. The molecule has 0 radical (unpaired) electrons. The minimum atomic E-state index is -1.05. The lowest BCUT2D eigenvalue weighted by Crippen LogP contribution is -2.32. The molecule has 0 amide bonds. The van der Waals surface area contributed by atoms with E-state index in [1.807, 2.05) is 30.3 Å². The van der Waals surface area contributed by atoms with Gasteiger partial charge in [0.05, 0.1) is 36.2 Å². The van der Waals surface area contributed by atoms with E-state index < -0.39 is 28.9 Å². The molecule has 0 saturated carbocycles. The Morgan fingerprint density at radius 3 is 2.23 bits per heavy atom. The molecule has 232 valence electrons. The van der Waals surface area contributed by atoms with Gasteiger partial charge in [-0.3, -0.25) is 10.1 Å². The summed E-state index contributed by atoms with van der Waals surface area (Å²) in [7, 11) is 2.42. The molecule has 2 aromatic carbocycles. The van der Waals surface area contributed by atoms with Crippen LogP contribution in [-0.2, 0) is 19.1 Å². The van der Waals surface area contributed by atoms with Crippen LogP contribution in [0.2, 0.25) is 0 Å². The highest BCUT2D eigenvalue weighted by Crippen LogP contribution is 2.44. The number of nitrogens with one attached hydrogen (secondary N) is 2. The first-order valence-corrected chi connectivity index (χ1v) is 13.2. The highest BCUT2D eigenvalue weighted by molar-refractivity contribution is 6.00. The van der Waals surface area contributed by atoms with Crippen molar-refractivity contribution in [3.8, 4) is 11.5 Å². The molecule has 3 N–H and O–H groups in total. The number of para-hydroxylation sites is 1. The number of aliphatic hydroxyl groups excluding tert-OH is 1. The van der Waals surface area contributed by atoms with Gasteiger partial charge in [0.1, 0.15) is 30.8 Å². The van der Waals surface area contributed by atoms with Crippen molar-refractivity contribution in [1.29, 1.82) is 0 Å². The number of rotatable bonds is 14. The number of non-ortho nitro benzene ring substituents is 1. The number of carbonyl (C=O) groups excluding carboxylic acids is 2. The molecule has 3 rings (SSSR count). The number of hydrogen-bond acceptors (Lipinski definition) is 11. The minimum Gasteiger partial charge on any atom is -0.491 e. The molecule has 0 bridgehead atoms. The van der Waals surface area contributed by atoms with E-state index in [0.29, 0.717) is 30.2 Å². The lowest BCUT2D eigenvalue weighted by atomic mass is 9.80. The van der Waals surface area contributed by atoms with Crippen molar-refractivity contribution in [2.75, 3.05) is 40.5 Å². The molecular formula is C30H36ClN3O9. The Morgan fingerprint density at radius 1 is 1.02 bits per heavy atom. The first kappa shape index (κ1) is 34.8. The van der Waals surface area contributed by atoms with Gasteiger partial charge in [0, 0.05) is 42.2 Å². The fourth-order valence-electron chi connectivity index (χ4n) is 4.46. The summed E-state index contributed by atoms with van der Waals surface area (Å²) in [6, 6.07) is 13.2. The molecule has 13 heteroatoms. The van der Waals surface area contributed by atoms with E-state index in [1.165, 1.54) is 32.4 Å². The van der Waals surface area contributed by atoms with Crippen LogP contribution in [0.25, 0.3) is 0 Å². The molecule has 0 saturated heterocycles. The first-order chi connectivity index (χ1) is 20.2. The second kappa shape index (κ2) is 16.9. The van der Waals surface area contributed by atoms with Crippen molar-refractivity contribution in [1.82, 2.24) is 10.6 Å². The standard InChI is InChI=1S/C30H35N3O9.ClH/c1-19-26(29(35)39-3)28(27(20(2)32-19)30(36)40-4)24-16-21(33(37)38)12-13-25(24)41-15-9-8-14-31-17-22(34)18-42-23-10-6-5-7-11-23;/h5-13,16,22,28,31-32,34H,14-15,17-18H2,1-4H3;1H/b9-8-;. The number of benzene rings is 2. The van der Waals surface area contributed by atoms with Crippen molar-refractivity contribution in [2.45, 2.75) is 25.9 Å². The monoisotopic (exact) mass is 617 g/mol. The largest absolute Gasteiger partial charge is 0.491 e. The molecular weight excluding hydrogens is 582 g/mol. The summed E-state index contributed by atoms with van der Waals surface area (Å²) in [4.78, 5) is 36.8. The van der Waals surface area contributed by atoms with Crippen LogP contribution in [0.5, 0.6) is 11.5 Å². The predicted octanol–water partition coefficient (Wildman–Crippen LogP) is 3.56. The van der Waals surface area contributed by atoms with Crippen molar-refractivity contribution in [3.63, 3.8) is 0 Å². The van der Waals surface area contributed by atoms with Gasteiger partial charge < -0.3 is 34.7 Å². The number of allylic oxidation sites excluding steroid dienone is 2. The fourth-order valence-corrected chi connectivity index (χ4v) is 4.46. The summed E-state index contributed by atoms with van der Waals surface area (Å²) in [5.41, 5.74) is 1.05. The number of esters is 2. The number of methoxy groups -OCH3 is 2. The third kappa shape index (κ3) is 9.30. The smallest absolute Gasteiger partial charge is 0.336 e. The van der Waals surface area contributed by atoms with Crippen LogP contribution in [-0.4, -0.2) is 68.6 Å². The second-order valence-electron chi connectivity index (χ2n) is 9.32. The molecule has 1 aliphatic heterocycles. The number of carbonyl (C=O) groups is 2. The number of aliphatic hydroxyl groups is 1. The van der Waals surface area contributed by atoms with Crippen LogP contribution >= 0.6 is 12.4 Å². The Hall–Kier alpha value is -4.39. The molecule has 1 unspecified atom stereocenters. The Bertz CT molecular complexity index is 1340. The summed E-state index contributed by atoms with van der Waals surface area (Å²) < 4.78 is 21.5. The van der Waals surface area contributed by atoms with Crippen molar-refractivity contribution in [2.24, 2.45) is 0 Å². The topological polar surface area (TPSA) is 158 Å². The van der Waals surface area contributed by atoms with Gasteiger partial charge in [-0.25, -0.2) is 9.59 Å². The van der Waals surface area contributed by atoms with E-state index in [1.54, 1.807) is 26.0 Å².